The molecule has 0 aromatic heterocycles. The van der Waals surface area contributed by atoms with E-state index in [1.54, 1.807) is 4.90 Å². The summed E-state index contributed by atoms with van der Waals surface area (Å²) in [4.78, 5) is 26.8. The molecule has 1 aliphatic rings. The van der Waals surface area contributed by atoms with Crippen LogP contribution in [0, 0.1) is 6.92 Å². The van der Waals surface area contributed by atoms with Crippen LogP contribution in [0.2, 0.25) is 0 Å². The smallest absolute Gasteiger partial charge is 0.247 e. The van der Waals surface area contributed by atoms with Gasteiger partial charge >= 0.3 is 0 Å². The second kappa shape index (κ2) is 6.65. The van der Waals surface area contributed by atoms with Gasteiger partial charge in [0.2, 0.25) is 11.8 Å². The number of piperazine rings is 1. The van der Waals surface area contributed by atoms with Crippen LogP contribution < -0.4 is 5.32 Å². The highest BCUT2D eigenvalue weighted by atomic mass is 16.2. The van der Waals surface area contributed by atoms with Crippen LogP contribution in [0.25, 0.3) is 0 Å². The van der Waals surface area contributed by atoms with E-state index in [1.807, 2.05) is 61.5 Å². The maximum atomic E-state index is 12.8. The average Bonchev–Trinajstić information content (AvgIpc) is 2.57. The van der Waals surface area contributed by atoms with Crippen LogP contribution in [-0.4, -0.2) is 29.8 Å². The lowest BCUT2D eigenvalue weighted by atomic mass is 10.00. The molecule has 3 rings (SSSR count). The zero-order valence-electron chi connectivity index (χ0n) is 13.2. The Bertz CT molecular complexity index is 712. The number of aryl methyl sites for hydroxylation is 1. The van der Waals surface area contributed by atoms with Crippen LogP contribution in [0.5, 0.6) is 0 Å². The molecule has 4 heteroatoms. The molecular weight excluding hydrogens is 288 g/mol. The minimum absolute atomic E-state index is 0.0111. The van der Waals surface area contributed by atoms with Gasteiger partial charge in [0.1, 0.15) is 6.04 Å². The molecule has 1 heterocycles. The van der Waals surface area contributed by atoms with Crippen LogP contribution in [0.15, 0.2) is 54.6 Å². The van der Waals surface area contributed by atoms with Crippen LogP contribution in [-0.2, 0) is 16.0 Å². The van der Waals surface area contributed by atoms with Gasteiger partial charge in [-0.15, -0.1) is 0 Å². The number of carbonyl (C=O) groups is 2. The Kier molecular flexibility index (Phi) is 4.42. The van der Waals surface area contributed by atoms with Crippen molar-refractivity contribution in [3.05, 3.63) is 71.3 Å². The first-order chi connectivity index (χ1) is 11.2. The van der Waals surface area contributed by atoms with E-state index in [1.165, 1.54) is 0 Å². The molecule has 1 N–H and O–H groups in total. The second-order valence-corrected chi connectivity index (χ2v) is 5.79. The van der Waals surface area contributed by atoms with E-state index in [9.17, 15) is 9.59 Å². The topological polar surface area (TPSA) is 49.4 Å². The van der Waals surface area contributed by atoms with Crippen molar-refractivity contribution in [2.75, 3.05) is 13.1 Å². The molecule has 2 aromatic rings. The summed E-state index contributed by atoms with van der Waals surface area (Å²) in [5, 5.41) is 2.86. The quantitative estimate of drug-likeness (QED) is 0.945. The lowest BCUT2D eigenvalue weighted by Crippen LogP contribution is -2.52. The standard InChI is InChI=1S/C19H20N2O2/c1-14-7-5-6-10-16(14)13-17(22)21-12-11-20-19(23)18(21)15-8-3-2-4-9-15/h2-10,18H,11-13H2,1H3,(H,20,23). The van der Waals surface area contributed by atoms with E-state index in [0.717, 1.165) is 16.7 Å². The van der Waals surface area contributed by atoms with Gasteiger partial charge in [-0.25, -0.2) is 0 Å². The maximum absolute atomic E-state index is 12.8. The van der Waals surface area contributed by atoms with Gasteiger partial charge in [-0.3, -0.25) is 9.59 Å². The van der Waals surface area contributed by atoms with Gasteiger partial charge < -0.3 is 10.2 Å². The number of amides is 2. The Labute approximate surface area is 136 Å². The van der Waals surface area contributed by atoms with Crippen LogP contribution in [0.1, 0.15) is 22.7 Å². The van der Waals surface area contributed by atoms with Crippen molar-refractivity contribution in [3.63, 3.8) is 0 Å². The van der Waals surface area contributed by atoms with Crippen molar-refractivity contribution in [2.24, 2.45) is 0 Å². The van der Waals surface area contributed by atoms with Crippen LogP contribution in [0.4, 0.5) is 0 Å². The van der Waals surface area contributed by atoms with Crippen molar-refractivity contribution in [1.29, 1.82) is 0 Å². The lowest BCUT2D eigenvalue weighted by Gasteiger charge is -2.35. The maximum Gasteiger partial charge on any atom is 0.247 e. The predicted molar refractivity (Wildman–Crippen MR) is 88.8 cm³/mol. The molecule has 1 unspecified atom stereocenters. The summed E-state index contributed by atoms with van der Waals surface area (Å²) in [7, 11) is 0. The van der Waals surface area contributed by atoms with Crippen molar-refractivity contribution in [1.82, 2.24) is 10.2 Å². The summed E-state index contributed by atoms with van der Waals surface area (Å²) in [6, 6.07) is 16.8. The first kappa shape index (κ1) is 15.3. The Morgan fingerprint density at radius 2 is 1.83 bits per heavy atom. The van der Waals surface area contributed by atoms with Gasteiger partial charge in [0, 0.05) is 13.1 Å². The summed E-state index contributed by atoms with van der Waals surface area (Å²) in [6.07, 6.45) is 0.323. The van der Waals surface area contributed by atoms with Crippen LogP contribution in [0.3, 0.4) is 0 Å². The number of hydrogen-bond donors (Lipinski definition) is 1. The highest BCUT2D eigenvalue weighted by Crippen LogP contribution is 2.24. The number of hydrogen-bond acceptors (Lipinski definition) is 2. The molecule has 2 aromatic carbocycles. The molecule has 4 nitrogen and oxygen atoms in total. The fraction of sp³-hybridized carbons (Fsp3) is 0.263. The number of nitrogens with one attached hydrogen (secondary N) is 1. The summed E-state index contributed by atoms with van der Waals surface area (Å²) >= 11 is 0. The zero-order valence-corrected chi connectivity index (χ0v) is 13.2. The highest BCUT2D eigenvalue weighted by Gasteiger charge is 2.34. The Morgan fingerprint density at radius 1 is 1.13 bits per heavy atom. The van der Waals surface area contributed by atoms with Gasteiger partial charge in [0.25, 0.3) is 0 Å². The third-order valence-electron chi connectivity index (χ3n) is 4.25. The van der Waals surface area contributed by atoms with Crippen molar-refractivity contribution in [2.45, 2.75) is 19.4 Å². The van der Waals surface area contributed by atoms with E-state index in [-0.39, 0.29) is 11.8 Å². The highest BCUT2D eigenvalue weighted by molar-refractivity contribution is 5.90. The summed E-state index contributed by atoms with van der Waals surface area (Å²) in [6.45, 7) is 3.04. The second-order valence-electron chi connectivity index (χ2n) is 5.79. The molecule has 0 spiro atoms. The summed E-state index contributed by atoms with van der Waals surface area (Å²) < 4.78 is 0. The zero-order chi connectivity index (χ0) is 16.2. The van der Waals surface area contributed by atoms with Gasteiger partial charge in [-0.05, 0) is 23.6 Å². The number of rotatable bonds is 3. The molecule has 1 fully saturated rings. The molecule has 1 saturated heterocycles. The van der Waals surface area contributed by atoms with Gasteiger partial charge in [-0.2, -0.15) is 0 Å². The first-order valence-corrected chi connectivity index (χ1v) is 7.83. The minimum atomic E-state index is -0.540. The van der Waals surface area contributed by atoms with E-state index in [2.05, 4.69) is 5.32 Å². The van der Waals surface area contributed by atoms with Gasteiger partial charge in [0.05, 0.1) is 6.42 Å². The fourth-order valence-electron chi connectivity index (χ4n) is 2.98. The Morgan fingerprint density at radius 3 is 2.57 bits per heavy atom. The SMILES string of the molecule is Cc1ccccc1CC(=O)N1CCNC(=O)C1c1ccccc1. The van der Waals surface area contributed by atoms with Gasteiger partial charge in [0.15, 0.2) is 0 Å². The van der Waals surface area contributed by atoms with E-state index in [0.29, 0.717) is 19.5 Å². The summed E-state index contributed by atoms with van der Waals surface area (Å²) in [5.41, 5.74) is 2.96. The molecule has 0 radical (unpaired) electrons. The number of nitrogens with zero attached hydrogens (tertiary/aromatic N) is 1. The summed E-state index contributed by atoms with van der Waals surface area (Å²) in [5.74, 6) is -0.122. The third kappa shape index (κ3) is 3.26. The monoisotopic (exact) mass is 308 g/mol. The predicted octanol–water partition coefficient (Wildman–Crippen LogP) is 2.24. The third-order valence-corrected chi connectivity index (χ3v) is 4.25. The molecule has 0 saturated carbocycles. The van der Waals surface area contributed by atoms with E-state index >= 15 is 0 Å². The molecule has 1 atom stereocenters. The average molecular weight is 308 g/mol. The molecular formula is C19H20N2O2. The van der Waals surface area contributed by atoms with Crippen molar-refractivity contribution >= 4 is 11.8 Å². The fourth-order valence-corrected chi connectivity index (χ4v) is 2.98. The normalized spacial score (nSPS) is 17.7. The molecule has 23 heavy (non-hydrogen) atoms. The molecule has 0 bridgehead atoms. The molecule has 118 valence electrons. The van der Waals surface area contributed by atoms with Crippen LogP contribution >= 0.6 is 0 Å². The largest absolute Gasteiger partial charge is 0.352 e. The Hall–Kier alpha value is -2.62. The molecule has 2 amide bonds. The number of carbonyl (C=O) groups excluding carboxylic acids is 2. The first-order valence-electron chi connectivity index (χ1n) is 7.83. The van der Waals surface area contributed by atoms with E-state index < -0.39 is 6.04 Å². The van der Waals surface area contributed by atoms with Gasteiger partial charge in [-0.1, -0.05) is 54.6 Å². The molecule has 0 aliphatic carbocycles. The lowest BCUT2D eigenvalue weighted by molar-refractivity contribution is -0.143. The molecule has 1 aliphatic heterocycles. The van der Waals surface area contributed by atoms with Crippen molar-refractivity contribution < 1.29 is 9.59 Å². The minimum Gasteiger partial charge on any atom is -0.352 e. The number of benzene rings is 2. The van der Waals surface area contributed by atoms with Crippen molar-refractivity contribution in [3.8, 4) is 0 Å². The Balaban J connectivity index is 1.85. The van der Waals surface area contributed by atoms with E-state index in [4.69, 9.17) is 0 Å².